The molecule has 4 heteroatoms. The Hall–Kier alpha value is -8.34. The van der Waals surface area contributed by atoms with Gasteiger partial charge in [0.05, 0.1) is 22.4 Å². The van der Waals surface area contributed by atoms with E-state index in [0.29, 0.717) is 17.3 Å². The van der Waals surface area contributed by atoms with Crippen LogP contribution in [-0.2, 0) is 5.41 Å². The van der Waals surface area contributed by atoms with Gasteiger partial charge in [-0.15, -0.1) is 0 Å². The van der Waals surface area contributed by atoms with Crippen molar-refractivity contribution in [2.45, 2.75) is 33.1 Å². The van der Waals surface area contributed by atoms with E-state index in [2.05, 4.69) is 165 Å². The van der Waals surface area contributed by atoms with Gasteiger partial charge in [0.2, 0.25) is 0 Å². The molecule has 0 amide bonds. The van der Waals surface area contributed by atoms with Gasteiger partial charge in [-0.05, 0) is 101 Å². The van der Waals surface area contributed by atoms with Gasteiger partial charge < -0.3 is 8.98 Å². The van der Waals surface area contributed by atoms with Gasteiger partial charge in [0.1, 0.15) is 11.3 Å². The molecule has 10 aromatic rings. The Labute approximate surface area is 391 Å². The van der Waals surface area contributed by atoms with Crippen LogP contribution < -0.4 is 0 Å². The van der Waals surface area contributed by atoms with Crippen LogP contribution in [0.25, 0.3) is 89.2 Å². The number of aliphatic imine (C=N–C) groups is 2. The predicted octanol–water partition coefficient (Wildman–Crippen LogP) is 16.8. The van der Waals surface area contributed by atoms with Crippen LogP contribution in [0.4, 0.5) is 0 Å². The zero-order valence-corrected chi connectivity index (χ0v) is 38.2. The highest BCUT2D eigenvalue weighted by atomic mass is 16.3. The molecule has 1 aliphatic carbocycles. The minimum atomic E-state index is -0.103. The molecule has 2 heterocycles. The summed E-state index contributed by atoms with van der Waals surface area (Å²) in [5, 5.41) is 3.46. The van der Waals surface area contributed by atoms with Crippen molar-refractivity contribution >= 4 is 61.7 Å². The molecule has 67 heavy (non-hydrogen) atoms. The maximum absolute atomic E-state index is 6.98. The summed E-state index contributed by atoms with van der Waals surface area (Å²) in [6, 6.07) is 66.6. The molecule has 0 fully saturated rings. The summed E-state index contributed by atoms with van der Waals surface area (Å²) in [5.41, 5.74) is 19.0. The maximum atomic E-state index is 6.98. The summed E-state index contributed by atoms with van der Waals surface area (Å²) in [5.74, 6) is 1.28. The van der Waals surface area contributed by atoms with E-state index in [1.165, 1.54) is 44.1 Å². The van der Waals surface area contributed by atoms with E-state index in [1.807, 2.05) is 80.6 Å². The lowest BCUT2D eigenvalue weighted by Gasteiger charge is -2.21. The quantitative estimate of drug-likeness (QED) is 0.105. The third kappa shape index (κ3) is 7.01. The normalized spacial score (nSPS) is 13.6. The Morgan fingerprint density at radius 3 is 1.96 bits per heavy atom. The minimum Gasteiger partial charge on any atom is -0.455 e. The number of hydrogen-bond acceptors (Lipinski definition) is 2. The smallest absolute Gasteiger partial charge is 0.160 e. The zero-order chi connectivity index (χ0) is 45.8. The number of benzene rings is 8. The lowest BCUT2D eigenvalue weighted by Crippen LogP contribution is -2.14. The number of furan rings is 1. The average molecular weight is 864 g/mol. The van der Waals surface area contributed by atoms with Crippen LogP contribution in [0.15, 0.2) is 222 Å². The fourth-order valence-corrected chi connectivity index (χ4v) is 10.2. The molecule has 0 spiro atoms. The van der Waals surface area contributed by atoms with Crippen LogP contribution in [0, 0.1) is 0 Å². The van der Waals surface area contributed by atoms with Crippen LogP contribution in [0.1, 0.15) is 61.3 Å². The highest BCUT2D eigenvalue weighted by Gasteiger charge is 2.36. The van der Waals surface area contributed by atoms with Gasteiger partial charge in [0.25, 0.3) is 0 Å². The molecule has 0 unspecified atom stereocenters. The summed E-state index contributed by atoms with van der Waals surface area (Å²) >= 11 is 0. The van der Waals surface area contributed by atoms with Gasteiger partial charge in [0.15, 0.2) is 5.84 Å². The summed E-state index contributed by atoms with van der Waals surface area (Å²) < 4.78 is 9.41. The Kier molecular flexibility index (Phi) is 10.2. The van der Waals surface area contributed by atoms with Crippen LogP contribution in [0.2, 0.25) is 0 Å². The average Bonchev–Trinajstić information content (AvgIpc) is 3.98. The van der Waals surface area contributed by atoms with Crippen LogP contribution in [0.3, 0.4) is 0 Å². The van der Waals surface area contributed by atoms with Crippen LogP contribution in [-0.4, -0.2) is 16.1 Å². The van der Waals surface area contributed by atoms with Crippen molar-refractivity contribution in [2.24, 2.45) is 9.98 Å². The van der Waals surface area contributed by atoms with E-state index in [-0.39, 0.29) is 5.41 Å². The Morgan fingerprint density at radius 1 is 0.567 bits per heavy atom. The first-order chi connectivity index (χ1) is 32.7. The summed E-state index contributed by atoms with van der Waals surface area (Å²) in [4.78, 5) is 10.1. The van der Waals surface area contributed by atoms with Gasteiger partial charge >= 0.3 is 0 Å². The number of allylic oxidation sites excluding steroid dienone is 2. The first-order valence-corrected chi connectivity index (χ1v) is 22.9. The second-order valence-electron chi connectivity index (χ2n) is 17.8. The number of para-hydroxylation sites is 2. The van der Waals surface area contributed by atoms with Gasteiger partial charge in [-0.25, -0.2) is 9.98 Å². The van der Waals surface area contributed by atoms with Crippen molar-refractivity contribution in [1.29, 1.82) is 0 Å². The predicted molar refractivity (Wildman–Crippen MR) is 284 cm³/mol. The largest absolute Gasteiger partial charge is 0.455 e. The number of rotatable bonds is 9. The molecule has 1 aliphatic rings. The summed E-state index contributed by atoms with van der Waals surface area (Å²) in [6.07, 6.45) is 3.94. The Balaban J connectivity index is 1.01. The van der Waals surface area contributed by atoms with Crippen molar-refractivity contribution in [3.63, 3.8) is 0 Å². The lowest BCUT2D eigenvalue weighted by molar-refractivity contribution is 0.602. The van der Waals surface area contributed by atoms with Crippen molar-refractivity contribution in [2.75, 3.05) is 0 Å². The van der Waals surface area contributed by atoms with E-state index in [0.717, 1.165) is 66.9 Å². The molecule has 0 saturated heterocycles. The number of nitrogens with zero attached hydrogens (tertiary/aromatic N) is 3. The van der Waals surface area contributed by atoms with E-state index in [9.17, 15) is 0 Å². The molecule has 0 saturated carbocycles. The standard InChI is InChI=1S/C63H49N3O/c1-7-48(41(4)65-62(43-24-14-10-15-25-43)64-40(3)42-22-12-9-13-23-42)60-49(8-2)52-32-21-31-50(61(52)67-60)46-27-20-26-44(36-46)45-34-35-58-54(37-45)55-38-53-51-30-18-19-33-56(51)63(5,6)57(53)39-59(55)66(58)47-28-16-11-17-29-47/h7-39H,2-3H2,1,4-6H3/b48-7-,64-62?,65-41?. The molecular weight excluding hydrogens is 815 g/mol. The second-order valence-corrected chi connectivity index (χ2v) is 17.8. The van der Waals surface area contributed by atoms with Gasteiger partial charge in [-0.3, -0.25) is 0 Å². The molecule has 0 atom stereocenters. The highest BCUT2D eigenvalue weighted by molar-refractivity contribution is 6.27. The van der Waals surface area contributed by atoms with Crippen molar-refractivity contribution < 1.29 is 4.42 Å². The van der Waals surface area contributed by atoms with E-state index in [4.69, 9.17) is 14.4 Å². The van der Waals surface area contributed by atoms with Crippen molar-refractivity contribution in [3.8, 4) is 39.1 Å². The van der Waals surface area contributed by atoms with Crippen LogP contribution >= 0.6 is 0 Å². The maximum Gasteiger partial charge on any atom is 0.160 e. The highest BCUT2D eigenvalue weighted by Crippen LogP contribution is 2.51. The Bertz CT molecular complexity index is 3690. The fraction of sp³-hybridized carbons (Fsp3) is 0.0794. The van der Waals surface area contributed by atoms with Gasteiger partial charge in [-0.1, -0.05) is 185 Å². The minimum absolute atomic E-state index is 0.103. The molecule has 0 bridgehead atoms. The van der Waals surface area contributed by atoms with Gasteiger partial charge in [-0.2, -0.15) is 0 Å². The molecule has 11 rings (SSSR count). The first kappa shape index (κ1) is 41.4. The third-order valence-electron chi connectivity index (χ3n) is 13.5. The molecule has 4 nitrogen and oxygen atoms in total. The number of amidine groups is 1. The van der Waals surface area contributed by atoms with Crippen LogP contribution in [0.5, 0.6) is 0 Å². The summed E-state index contributed by atoms with van der Waals surface area (Å²) in [6.45, 7) is 17.3. The zero-order valence-electron chi connectivity index (χ0n) is 38.2. The third-order valence-corrected chi connectivity index (χ3v) is 13.5. The van der Waals surface area contributed by atoms with E-state index in [1.54, 1.807) is 0 Å². The second kappa shape index (κ2) is 16.6. The number of aromatic nitrogens is 1. The summed E-state index contributed by atoms with van der Waals surface area (Å²) in [7, 11) is 0. The first-order valence-electron chi connectivity index (χ1n) is 22.9. The van der Waals surface area contributed by atoms with Crippen molar-refractivity contribution in [1.82, 2.24) is 4.57 Å². The molecule has 0 radical (unpaired) electrons. The fourth-order valence-electron chi connectivity index (χ4n) is 10.2. The van der Waals surface area contributed by atoms with Crippen molar-refractivity contribution in [3.05, 3.63) is 241 Å². The molecule has 322 valence electrons. The molecule has 2 aromatic heterocycles. The van der Waals surface area contributed by atoms with E-state index >= 15 is 0 Å². The SMILES string of the molecule is C=Cc1c(/C(=C\C)C(C)=NC(=NC(=C)c2ccccc2)c2ccccc2)oc2c(-c3cccc(-c4ccc5c(c4)c4cc6c(cc4n5-c4ccccc4)C(C)(C)c4ccccc4-6)c3)cccc12. The number of hydrogen-bond donors (Lipinski definition) is 0. The van der Waals surface area contributed by atoms with E-state index < -0.39 is 0 Å². The lowest BCUT2D eigenvalue weighted by atomic mass is 9.82. The molecule has 8 aromatic carbocycles. The topological polar surface area (TPSA) is 42.8 Å². The molecule has 0 aliphatic heterocycles. The number of fused-ring (bicyclic) bond motifs is 7. The Morgan fingerprint density at radius 2 is 1.21 bits per heavy atom. The van der Waals surface area contributed by atoms with Gasteiger partial charge in [0, 0.05) is 49.5 Å². The monoisotopic (exact) mass is 863 g/mol. The molecule has 0 N–H and O–H groups in total. The molecular formula is C63H49N3O.